The number of hydrogen-bond acceptors (Lipinski definition) is 3. The standard InChI is InChI=1S/C9H20N2O2/c1-3-4-5-6-11-9(12)7-13-8-10-2/h10H,3-8H2,1-2H3,(H,11,12). The molecule has 0 aromatic rings. The van der Waals surface area contributed by atoms with Crippen LogP contribution in [-0.2, 0) is 9.53 Å². The zero-order chi connectivity index (χ0) is 9.94. The van der Waals surface area contributed by atoms with E-state index in [1.165, 1.54) is 6.42 Å². The Labute approximate surface area is 80.0 Å². The van der Waals surface area contributed by atoms with Crippen molar-refractivity contribution >= 4 is 5.91 Å². The fourth-order valence-electron chi connectivity index (χ4n) is 0.900. The summed E-state index contributed by atoms with van der Waals surface area (Å²) in [7, 11) is 1.78. The molecule has 0 aromatic carbocycles. The van der Waals surface area contributed by atoms with Crippen LogP contribution in [0.25, 0.3) is 0 Å². The van der Waals surface area contributed by atoms with E-state index < -0.39 is 0 Å². The van der Waals surface area contributed by atoms with E-state index in [1.54, 1.807) is 7.05 Å². The number of carbonyl (C=O) groups excluding carboxylic acids is 1. The van der Waals surface area contributed by atoms with Crippen LogP contribution in [0.3, 0.4) is 0 Å². The Hall–Kier alpha value is -0.610. The number of amides is 1. The Morgan fingerprint density at radius 2 is 2.15 bits per heavy atom. The van der Waals surface area contributed by atoms with Gasteiger partial charge in [-0.25, -0.2) is 0 Å². The third kappa shape index (κ3) is 9.30. The van der Waals surface area contributed by atoms with Crippen molar-refractivity contribution in [1.82, 2.24) is 10.6 Å². The summed E-state index contributed by atoms with van der Waals surface area (Å²) < 4.78 is 4.98. The van der Waals surface area contributed by atoms with Crippen LogP contribution in [0.4, 0.5) is 0 Å². The summed E-state index contributed by atoms with van der Waals surface area (Å²) in [6, 6.07) is 0. The molecule has 4 heteroatoms. The molecule has 0 aromatic heterocycles. The first-order valence-electron chi connectivity index (χ1n) is 4.80. The Kier molecular flexibility index (Phi) is 9.03. The molecule has 0 rings (SSSR count). The average Bonchev–Trinajstić information content (AvgIpc) is 2.13. The normalized spacial score (nSPS) is 10.0. The summed E-state index contributed by atoms with van der Waals surface area (Å²) in [5.41, 5.74) is 0. The second kappa shape index (κ2) is 9.48. The number of carbonyl (C=O) groups is 1. The van der Waals surface area contributed by atoms with Gasteiger partial charge in [0, 0.05) is 6.54 Å². The molecule has 0 aliphatic rings. The van der Waals surface area contributed by atoms with Crippen molar-refractivity contribution in [1.29, 1.82) is 0 Å². The van der Waals surface area contributed by atoms with E-state index in [9.17, 15) is 4.79 Å². The molecule has 78 valence electrons. The summed E-state index contributed by atoms with van der Waals surface area (Å²) >= 11 is 0. The zero-order valence-corrected chi connectivity index (χ0v) is 8.56. The predicted octanol–water partition coefficient (Wildman–Crippen LogP) is 0.486. The first-order valence-corrected chi connectivity index (χ1v) is 4.80. The van der Waals surface area contributed by atoms with Gasteiger partial charge in [0.05, 0.1) is 6.73 Å². The molecule has 0 aliphatic heterocycles. The second-order valence-electron chi connectivity index (χ2n) is 2.90. The summed E-state index contributed by atoms with van der Waals surface area (Å²) in [5, 5.41) is 5.58. The van der Waals surface area contributed by atoms with E-state index in [4.69, 9.17) is 4.74 Å². The quantitative estimate of drug-likeness (QED) is 0.430. The van der Waals surface area contributed by atoms with Crippen LogP contribution in [0, 0.1) is 0 Å². The van der Waals surface area contributed by atoms with Crippen LogP contribution in [-0.4, -0.2) is 32.8 Å². The molecule has 2 N–H and O–H groups in total. The molecule has 0 radical (unpaired) electrons. The van der Waals surface area contributed by atoms with Crippen molar-refractivity contribution in [3.05, 3.63) is 0 Å². The van der Waals surface area contributed by atoms with Gasteiger partial charge in [0.1, 0.15) is 6.61 Å². The van der Waals surface area contributed by atoms with Gasteiger partial charge in [0.15, 0.2) is 0 Å². The van der Waals surface area contributed by atoms with E-state index in [1.807, 2.05) is 0 Å². The van der Waals surface area contributed by atoms with Crippen LogP contribution in [0.2, 0.25) is 0 Å². The Balaban J connectivity index is 3.11. The van der Waals surface area contributed by atoms with Gasteiger partial charge in [0.25, 0.3) is 0 Å². The molecule has 4 nitrogen and oxygen atoms in total. The molecule has 1 amide bonds. The van der Waals surface area contributed by atoms with Gasteiger partial charge >= 0.3 is 0 Å². The molecule has 0 atom stereocenters. The monoisotopic (exact) mass is 188 g/mol. The minimum absolute atomic E-state index is 0.0358. The molecule has 0 saturated carbocycles. The SMILES string of the molecule is CCCCCNC(=O)COCNC. The lowest BCUT2D eigenvalue weighted by atomic mass is 10.2. The van der Waals surface area contributed by atoms with Crippen molar-refractivity contribution < 1.29 is 9.53 Å². The van der Waals surface area contributed by atoms with Gasteiger partial charge < -0.3 is 10.1 Å². The Morgan fingerprint density at radius 3 is 2.77 bits per heavy atom. The molecule has 0 unspecified atom stereocenters. The highest BCUT2D eigenvalue weighted by molar-refractivity contribution is 5.77. The van der Waals surface area contributed by atoms with Crippen LogP contribution in [0.15, 0.2) is 0 Å². The summed E-state index contributed by atoms with van der Waals surface area (Å²) in [6.07, 6.45) is 3.39. The van der Waals surface area contributed by atoms with Gasteiger partial charge in [-0.15, -0.1) is 0 Å². The van der Waals surface area contributed by atoms with Crippen LogP contribution in [0.5, 0.6) is 0 Å². The number of nitrogens with one attached hydrogen (secondary N) is 2. The maximum Gasteiger partial charge on any atom is 0.246 e. The first-order chi connectivity index (χ1) is 6.31. The molecule has 13 heavy (non-hydrogen) atoms. The maximum atomic E-state index is 11.0. The minimum Gasteiger partial charge on any atom is -0.357 e. The highest BCUT2D eigenvalue weighted by Gasteiger charge is 1.98. The lowest BCUT2D eigenvalue weighted by Crippen LogP contribution is -2.29. The van der Waals surface area contributed by atoms with E-state index >= 15 is 0 Å². The fraction of sp³-hybridized carbons (Fsp3) is 0.889. The van der Waals surface area contributed by atoms with E-state index in [0.29, 0.717) is 6.73 Å². The van der Waals surface area contributed by atoms with Crippen molar-refractivity contribution in [3.63, 3.8) is 0 Å². The smallest absolute Gasteiger partial charge is 0.246 e. The second-order valence-corrected chi connectivity index (χ2v) is 2.90. The zero-order valence-electron chi connectivity index (χ0n) is 8.56. The number of hydrogen-bond donors (Lipinski definition) is 2. The molecule has 0 spiro atoms. The summed E-state index contributed by atoms with van der Waals surface area (Å²) in [5.74, 6) is -0.0358. The maximum absolute atomic E-state index is 11.0. The molecule has 0 saturated heterocycles. The number of unbranched alkanes of at least 4 members (excludes halogenated alkanes) is 2. The Bertz CT molecular complexity index is 129. The van der Waals surface area contributed by atoms with E-state index in [0.717, 1.165) is 19.4 Å². The first kappa shape index (κ1) is 12.4. The van der Waals surface area contributed by atoms with Crippen LogP contribution < -0.4 is 10.6 Å². The van der Waals surface area contributed by atoms with Crippen molar-refractivity contribution in [2.45, 2.75) is 26.2 Å². The van der Waals surface area contributed by atoms with Gasteiger partial charge in [-0.1, -0.05) is 19.8 Å². The molecule has 0 bridgehead atoms. The van der Waals surface area contributed by atoms with Gasteiger partial charge in [-0.3, -0.25) is 10.1 Å². The van der Waals surface area contributed by atoms with Crippen LogP contribution in [0.1, 0.15) is 26.2 Å². The highest BCUT2D eigenvalue weighted by atomic mass is 16.5. The van der Waals surface area contributed by atoms with Gasteiger partial charge in [-0.05, 0) is 13.5 Å². The number of ether oxygens (including phenoxy) is 1. The van der Waals surface area contributed by atoms with E-state index in [-0.39, 0.29) is 12.5 Å². The average molecular weight is 188 g/mol. The predicted molar refractivity (Wildman–Crippen MR) is 52.4 cm³/mol. The van der Waals surface area contributed by atoms with E-state index in [2.05, 4.69) is 17.6 Å². The molecular formula is C9H20N2O2. The van der Waals surface area contributed by atoms with Gasteiger partial charge in [-0.2, -0.15) is 0 Å². The number of rotatable bonds is 8. The topological polar surface area (TPSA) is 50.4 Å². The van der Waals surface area contributed by atoms with Crippen molar-refractivity contribution in [2.24, 2.45) is 0 Å². The fourth-order valence-corrected chi connectivity index (χ4v) is 0.900. The molecule has 0 fully saturated rings. The lowest BCUT2D eigenvalue weighted by molar-refractivity contribution is -0.125. The largest absolute Gasteiger partial charge is 0.357 e. The summed E-state index contributed by atoms with van der Waals surface area (Å²) in [4.78, 5) is 11.0. The van der Waals surface area contributed by atoms with Crippen molar-refractivity contribution in [3.8, 4) is 0 Å². The van der Waals surface area contributed by atoms with Crippen LogP contribution >= 0.6 is 0 Å². The lowest BCUT2D eigenvalue weighted by Gasteiger charge is -2.04. The third-order valence-corrected chi connectivity index (χ3v) is 1.58. The Morgan fingerprint density at radius 1 is 1.38 bits per heavy atom. The van der Waals surface area contributed by atoms with Gasteiger partial charge in [0.2, 0.25) is 5.91 Å². The molecular weight excluding hydrogens is 168 g/mol. The highest BCUT2D eigenvalue weighted by Crippen LogP contribution is 1.90. The van der Waals surface area contributed by atoms with Crippen molar-refractivity contribution in [2.75, 3.05) is 26.9 Å². The third-order valence-electron chi connectivity index (χ3n) is 1.58. The summed E-state index contributed by atoms with van der Waals surface area (Å²) in [6.45, 7) is 3.46. The minimum atomic E-state index is -0.0358. The molecule has 0 heterocycles. The molecule has 0 aliphatic carbocycles.